The van der Waals surface area contributed by atoms with Crippen molar-refractivity contribution in [3.63, 3.8) is 0 Å². The van der Waals surface area contributed by atoms with Crippen molar-refractivity contribution in [1.29, 1.82) is 0 Å². The Kier molecular flexibility index (Phi) is 7.48. The van der Waals surface area contributed by atoms with E-state index in [4.69, 9.17) is 4.74 Å². The minimum atomic E-state index is -4.43. The third-order valence-corrected chi connectivity index (χ3v) is 4.69. The van der Waals surface area contributed by atoms with Crippen LogP contribution in [0.1, 0.15) is 15.9 Å². The largest absolute Gasteiger partial charge is 0.416 e. The fourth-order valence-electron chi connectivity index (χ4n) is 3.00. The van der Waals surface area contributed by atoms with Gasteiger partial charge in [-0.15, -0.1) is 0 Å². The van der Waals surface area contributed by atoms with E-state index in [0.29, 0.717) is 31.0 Å². The SMILES string of the molecule is O=C(Nc1ccc(C(=O)NCCN2CCOCC2)cc1)Nc1ccc(C(F)(F)F)cc1. The second-order valence-corrected chi connectivity index (χ2v) is 6.94. The highest BCUT2D eigenvalue weighted by Gasteiger charge is 2.30. The molecule has 1 heterocycles. The van der Waals surface area contributed by atoms with Crippen LogP contribution in [0.3, 0.4) is 0 Å². The maximum atomic E-state index is 12.6. The molecule has 0 spiro atoms. The number of morpholine rings is 1. The zero-order valence-electron chi connectivity index (χ0n) is 16.7. The van der Waals surface area contributed by atoms with Crippen molar-refractivity contribution >= 4 is 23.3 Å². The highest BCUT2D eigenvalue weighted by atomic mass is 19.4. The Morgan fingerprint density at radius 3 is 2.00 bits per heavy atom. The smallest absolute Gasteiger partial charge is 0.379 e. The summed E-state index contributed by atoms with van der Waals surface area (Å²) in [6.45, 7) is 4.38. The zero-order valence-corrected chi connectivity index (χ0v) is 16.7. The van der Waals surface area contributed by atoms with E-state index in [1.54, 1.807) is 24.3 Å². The first kappa shape index (κ1) is 22.6. The molecule has 0 saturated carbocycles. The molecule has 2 aromatic carbocycles. The molecule has 0 aromatic heterocycles. The number of amides is 3. The molecule has 31 heavy (non-hydrogen) atoms. The average molecular weight is 436 g/mol. The molecule has 0 aliphatic carbocycles. The molecule has 3 N–H and O–H groups in total. The van der Waals surface area contributed by atoms with E-state index in [-0.39, 0.29) is 11.6 Å². The summed E-state index contributed by atoms with van der Waals surface area (Å²) in [5.74, 6) is -0.214. The molecular weight excluding hydrogens is 413 g/mol. The van der Waals surface area contributed by atoms with Gasteiger partial charge in [0.05, 0.1) is 18.8 Å². The highest BCUT2D eigenvalue weighted by molar-refractivity contribution is 6.00. The monoisotopic (exact) mass is 436 g/mol. The van der Waals surface area contributed by atoms with Crippen LogP contribution in [0.4, 0.5) is 29.3 Å². The molecule has 1 aliphatic heterocycles. The summed E-state index contributed by atoms with van der Waals surface area (Å²) in [5.41, 5.74) is 0.323. The number of carbonyl (C=O) groups excluding carboxylic acids is 2. The molecular formula is C21H23F3N4O3. The van der Waals surface area contributed by atoms with Gasteiger partial charge in [-0.1, -0.05) is 0 Å². The lowest BCUT2D eigenvalue weighted by Gasteiger charge is -2.26. The maximum Gasteiger partial charge on any atom is 0.416 e. The minimum Gasteiger partial charge on any atom is -0.379 e. The van der Waals surface area contributed by atoms with Crippen LogP contribution in [0.15, 0.2) is 48.5 Å². The molecule has 7 nitrogen and oxygen atoms in total. The van der Waals surface area contributed by atoms with E-state index < -0.39 is 17.8 Å². The van der Waals surface area contributed by atoms with Crippen LogP contribution in [0.2, 0.25) is 0 Å². The van der Waals surface area contributed by atoms with Gasteiger partial charge in [-0.2, -0.15) is 13.2 Å². The van der Waals surface area contributed by atoms with Crippen LogP contribution in [-0.2, 0) is 10.9 Å². The number of hydrogen-bond donors (Lipinski definition) is 3. The number of rotatable bonds is 6. The number of nitrogens with zero attached hydrogens (tertiary/aromatic N) is 1. The number of anilines is 2. The number of carbonyl (C=O) groups is 2. The van der Waals surface area contributed by atoms with Gasteiger partial charge in [0, 0.05) is 43.1 Å². The van der Waals surface area contributed by atoms with Crippen molar-refractivity contribution in [3.8, 4) is 0 Å². The molecule has 1 fully saturated rings. The van der Waals surface area contributed by atoms with Crippen LogP contribution in [0.5, 0.6) is 0 Å². The Balaban J connectivity index is 1.44. The molecule has 1 aliphatic rings. The number of halogens is 3. The van der Waals surface area contributed by atoms with Crippen LogP contribution >= 0.6 is 0 Å². The molecule has 0 bridgehead atoms. The Bertz CT molecular complexity index is 880. The summed E-state index contributed by atoms with van der Waals surface area (Å²) in [5, 5.41) is 7.87. The van der Waals surface area contributed by atoms with Crippen molar-refractivity contribution < 1.29 is 27.5 Å². The Labute approximate surface area is 177 Å². The lowest BCUT2D eigenvalue weighted by molar-refractivity contribution is -0.137. The zero-order chi connectivity index (χ0) is 22.3. The number of nitrogens with one attached hydrogen (secondary N) is 3. The predicted molar refractivity (Wildman–Crippen MR) is 110 cm³/mol. The molecule has 1 saturated heterocycles. The first-order valence-corrected chi connectivity index (χ1v) is 9.75. The van der Waals surface area contributed by atoms with Crippen LogP contribution in [-0.4, -0.2) is 56.2 Å². The minimum absolute atomic E-state index is 0.214. The van der Waals surface area contributed by atoms with Gasteiger partial charge in [-0.25, -0.2) is 4.79 Å². The summed E-state index contributed by atoms with van der Waals surface area (Å²) in [6.07, 6.45) is -4.43. The van der Waals surface area contributed by atoms with Crippen molar-refractivity contribution in [1.82, 2.24) is 10.2 Å². The summed E-state index contributed by atoms with van der Waals surface area (Å²) in [6, 6.07) is 9.83. The standard InChI is InChI=1S/C21H23F3N4O3/c22-21(23,24)16-3-7-18(8-4-16)27-20(30)26-17-5-1-15(2-6-17)19(29)25-9-10-28-11-13-31-14-12-28/h1-8H,9-14H2,(H,25,29)(H2,26,27,30). The predicted octanol–water partition coefficient (Wildman–Crippen LogP) is 3.41. The fraction of sp³-hybridized carbons (Fsp3) is 0.333. The van der Waals surface area contributed by atoms with E-state index in [1.807, 2.05) is 0 Å². The van der Waals surface area contributed by atoms with E-state index in [2.05, 4.69) is 20.9 Å². The average Bonchev–Trinajstić information content (AvgIpc) is 2.74. The Hall–Kier alpha value is -3.11. The topological polar surface area (TPSA) is 82.7 Å². The molecule has 0 atom stereocenters. The summed E-state index contributed by atoms with van der Waals surface area (Å²) in [4.78, 5) is 26.5. The molecule has 3 rings (SSSR count). The van der Waals surface area contributed by atoms with E-state index in [9.17, 15) is 22.8 Å². The van der Waals surface area contributed by atoms with Crippen molar-refractivity contribution in [2.45, 2.75) is 6.18 Å². The van der Waals surface area contributed by atoms with Crippen molar-refractivity contribution in [2.75, 3.05) is 50.0 Å². The Morgan fingerprint density at radius 1 is 0.903 bits per heavy atom. The van der Waals surface area contributed by atoms with Gasteiger partial charge in [0.1, 0.15) is 0 Å². The summed E-state index contributed by atoms with van der Waals surface area (Å²) >= 11 is 0. The molecule has 3 amide bonds. The first-order chi connectivity index (χ1) is 14.8. The molecule has 2 aromatic rings. The van der Waals surface area contributed by atoms with Gasteiger partial charge in [0.25, 0.3) is 5.91 Å². The van der Waals surface area contributed by atoms with Crippen LogP contribution < -0.4 is 16.0 Å². The fourth-order valence-corrected chi connectivity index (χ4v) is 3.00. The van der Waals surface area contributed by atoms with Crippen molar-refractivity contribution in [2.24, 2.45) is 0 Å². The third kappa shape index (κ3) is 6.97. The number of hydrogen-bond acceptors (Lipinski definition) is 4. The third-order valence-electron chi connectivity index (χ3n) is 4.69. The molecule has 0 unspecified atom stereocenters. The van der Waals surface area contributed by atoms with Crippen LogP contribution in [0, 0.1) is 0 Å². The number of benzene rings is 2. The lowest BCUT2D eigenvalue weighted by atomic mass is 10.2. The second kappa shape index (κ2) is 10.3. The summed E-state index contributed by atoms with van der Waals surface area (Å²) in [7, 11) is 0. The Morgan fingerprint density at radius 2 is 1.45 bits per heavy atom. The van der Waals surface area contributed by atoms with E-state index in [1.165, 1.54) is 12.1 Å². The molecule has 0 radical (unpaired) electrons. The second-order valence-electron chi connectivity index (χ2n) is 6.94. The van der Waals surface area contributed by atoms with Gasteiger partial charge >= 0.3 is 12.2 Å². The number of urea groups is 1. The lowest BCUT2D eigenvalue weighted by Crippen LogP contribution is -2.41. The molecule has 166 valence electrons. The van der Waals surface area contributed by atoms with E-state index >= 15 is 0 Å². The van der Waals surface area contributed by atoms with Crippen molar-refractivity contribution in [3.05, 3.63) is 59.7 Å². The summed E-state index contributed by atoms with van der Waals surface area (Å²) < 4.78 is 43.0. The van der Waals surface area contributed by atoms with Crippen LogP contribution in [0.25, 0.3) is 0 Å². The normalized spacial score (nSPS) is 14.7. The van der Waals surface area contributed by atoms with Gasteiger partial charge in [-0.05, 0) is 48.5 Å². The van der Waals surface area contributed by atoms with E-state index in [0.717, 1.165) is 31.8 Å². The van der Waals surface area contributed by atoms with Gasteiger partial charge < -0.3 is 20.7 Å². The molecule has 10 heteroatoms. The van der Waals surface area contributed by atoms with Gasteiger partial charge in [0.2, 0.25) is 0 Å². The maximum absolute atomic E-state index is 12.6. The quantitative estimate of drug-likeness (QED) is 0.648. The number of ether oxygens (including phenoxy) is 1. The number of alkyl halides is 3. The van der Waals surface area contributed by atoms with Gasteiger partial charge in [0.15, 0.2) is 0 Å². The van der Waals surface area contributed by atoms with Gasteiger partial charge in [-0.3, -0.25) is 9.69 Å². The highest BCUT2D eigenvalue weighted by Crippen LogP contribution is 2.29. The first-order valence-electron chi connectivity index (χ1n) is 9.75.